The van der Waals surface area contributed by atoms with E-state index in [1.54, 1.807) is 18.2 Å². The first kappa shape index (κ1) is 13.0. The van der Waals surface area contributed by atoms with Gasteiger partial charge in [-0.2, -0.15) is 0 Å². The molecule has 19 heavy (non-hydrogen) atoms. The molecule has 0 aliphatic carbocycles. The molecular weight excluding hydrogens is 268 g/mol. The van der Waals surface area contributed by atoms with Crippen LogP contribution >= 0.6 is 11.6 Å². The lowest BCUT2D eigenvalue weighted by molar-refractivity contribution is 0.0692. The summed E-state index contributed by atoms with van der Waals surface area (Å²) in [5, 5.41) is 11.9. The highest BCUT2D eigenvalue weighted by molar-refractivity contribution is 6.29. The molecule has 0 aliphatic rings. The summed E-state index contributed by atoms with van der Waals surface area (Å²) < 4.78 is 0. The number of aromatic nitrogens is 1. The van der Waals surface area contributed by atoms with Crippen molar-refractivity contribution in [2.24, 2.45) is 0 Å². The van der Waals surface area contributed by atoms with Gasteiger partial charge in [0.1, 0.15) is 5.15 Å². The quantitative estimate of drug-likeness (QED) is 0.845. The van der Waals surface area contributed by atoms with Crippen LogP contribution in [0, 0.1) is 0 Å². The lowest BCUT2D eigenvalue weighted by atomic mass is 10.1. The fourth-order valence-corrected chi connectivity index (χ4v) is 1.63. The van der Waals surface area contributed by atoms with Crippen LogP contribution in [0.3, 0.4) is 0 Å². The predicted molar refractivity (Wildman–Crippen MR) is 70.6 cm³/mol. The molecular formula is C13H9ClN2O3. The van der Waals surface area contributed by atoms with Crippen molar-refractivity contribution in [3.63, 3.8) is 0 Å². The van der Waals surface area contributed by atoms with Gasteiger partial charge in [-0.05, 0) is 24.3 Å². The number of carboxylic acids is 1. The van der Waals surface area contributed by atoms with Crippen molar-refractivity contribution in [3.05, 3.63) is 58.9 Å². The minimum absolute atomic E-state index is 0.0538. The molecule has 1 amide bonds. The minimum Gasteiger partial charge on any atom is -0.478 e. The Balaban J connectivity index is 2.25. The molecule has 0 saturated heterocycles. The SMILES string of the molecule is O=C(O)c1ccccc1C(=O)Nc1ccc(Cl)nc1. The van der Waals surface area contributed by atoms with Gasteiger partial charge in [0, 0.05) is 0 Å². The lowest BCUT2D eigenvalue weighted by Gasteiger charge is -2.07. The second-order valence-electron chi connectivity index (χ2n) is 3.67. The van der Waals surface area contributed by atoms with E-state index in [2.05, 4.69) is 10.3 Å². The van der Waals surface area contributed by atoms with Crippen LogP contribution < -0.4 is 5.32 Å². The summed E-state index contributed by atoms with van der Waals surface area (Å²) in [6.07, 6.45) is 1.39. The Kier molecular flexibility index (Phi) is 3.77. The van der Waals surface area contributed by atoms with E-state index in [-0.39, 0.29) is 11.1 Å². The number of nitrogens with zero attached hydrogens (tertiary/aromatic N) is 1. The minimum atomic E-state index is -1.15. The van der Waals surface area contributed by atoms with Crippen molar-refractivity contribution in [2.75, 3.05) is 5.32 Å². The molecule has 0 unspecified atom stereocenters. The largest absolute Gasteiger partial charge is 0.478 e. The normalized spacial score (nSPS) is 9.95. The molecule has 6 heteroatoms. The van der Waals surface area contributed by atoms with Gasteiger partial charge < -0.3 is 10.4 Å². The van der Waals surface area contributed by atoms with E-state index in [1.807, 2.05) is 0 Å². The van der Waals surface area contributed by atoms with Crippen molar-refractivity contribution in [1.82, 2.24) is 4.98 Å². The van der Waals surface area contributed by atoms with Gasteiger partial charge in [0.05, 0.1) is 23.0 Å². The molecule has 96 valence electrons. The number of aromatic carboxylic acids is 1. The Morgan fingerprint density at radius 2 is 1.79 bits per heavy atom. The number of carbonyl (C=O) groups excluding carboxylic acids is 1. The number of nitrogens with one attached hydrogen (secondary N) is 1. The summed E-state index contributed by atoms with van der Waals surface area (Å²) in [5.41, 5.74) is 0.474. The number of carbonyl (C=O) groups is 2. The molecule has 1 heterocycles. The van der Waals surface area contributed by atoms with Gasteiger partial charge in [0.15, 0.2) is 0 Å². The molecule has 1 aromatic carbocycles. The zero-order valence-corrected chi connectivity index (χ0v) is 10.4. The van der Waals surface area contributed by atoms with E-state index in [4.69, 9.17) is 16.7 Å². The number of halogens is 1. The molecule has 0 atom stereocenters. The van der Waals surface area contributed by atoms with Gasteiger partial charge in [-0.15, -0.1) is 0 Å². The summed E-state index contributed by atoms with van der Waals surface area (Å²) in [7, 11) is 0. The third kappa shape index (κ3) is 3.08. The number of hydrogen-bond donors (Lipinski definition) is 2. The smallest absolute Gasteiger partial charge is 0.336 e. The first-order valence-corrected chi connectivity index (χ1v) is 5.71. The van der Waals surface area contributed by atoms with E-state index in [0.717, 1.165) is 0 Å². The zero-order valence-electron chi connectivity index (χ0n) is 9.63. The molecule has 0 bridgehead atoms. The topological polar surface area (TPSA) is 79.3 Å². The van der Waals surface area contributed by atoms with Crippen LogP contribution in [0.5, 0.6) is 0 Å². The van der Waals surface area contributed by atoms with Gasteiger partial charge in [0.2, 0.25) is 0 Å². The third-order valence-corrected chi connectivity index (χ3v) is 2.61. The maximum absolute atomic E-state index is 12.0. The number of carboxylic acid groups (broad SMARTS) is 1. The first-order valence-electron chi connectivity index (χ1n) is 5.33. The summed E-state index contributed by atoms with van der Waals surface area (Å²) in [5.74, 6) is -1.66. The molecule has 2 aromatic rings. The molecule has 0 saturated carbocycles. The third-order valence-electron chi connectivity index (χ3n) is 2.39. The van der Waals surface area contributed by atoms with Gasteiger partial charge in [-0.3, -0.25) is 4.79 Å². The molecule has 0 aliphatic heterocycles. The molecule has 2 N–H and O–H groups in total. The number of benzene rings is 1. The molecule has 2 rings (SSSR count). The van der Waals surface area contributed by atoms with Crippen LogP contribution in [0.15, 0.2) is 42.6 Å². The van der Waals surface area contributed by atoms with Crippen LogP contribution in [0.4, 0.5) is 5.69 Å². The van der Waals surface area contributed by atoms with Gasteiger partial charge in [-0.1, -0.05) is 23.7 Å². The maximum atomic E-state index is 12.0. The number of pyridine rings is 1. The zero-order chi connectivity index (χ0) is 13.8. The van der Waals surface area contributed by atoms with Crippen LogP contribution in [-0.4, -0.2) is 22.0 Å². The number of hydrogen-bond acceptors (Lipinski definition) is 3. The van der Waals surface area contributed by atoms with Gasteiger partial charge in [-0.25, -0.2) is 9.78 Å². The number of amides is 1. The standard InChI is InChI=1S/C13H9ClN2O3/c14-11-6-5-8(7-15-11)16-12(17)9-3-1-2-4-10(9)13(18)19/h1-7H,(H,16,17)(H,18,19). The highest BCUT2D eigenvalue weighted by atomic mass is 35.5. The Morgan fingerprint density at radius 3 is 2.37 bits per heavy atom. The fourth-order valence-electron chi connectivity index (χ4n) is 1.52. The second kappa shape index (κ2) is 5.49. The highest BCUT2D eigenvalue weighted by Gasteiger charge is 2.15. The Bertz CT molecular complexity index is 626. The maximum Gasteiger partial charge on any atom is 0.336 e. The summed E-state index contributed by atoms with van der Waals surface area (Å²) in [4.78, 5) is 26.8. The molecule has 1 aromatic heterocycles. The predicted octanol–water partition coefficient (Wildman–Crippen LogP) is 2.69. The fraction of sp³-hybridized carbons (Fsp3) is 0. The Hall–Kier alpha value is -2.40. The summed E-state index contributed by atoms with van der Waals surface area (Å²) >= 11 is 5.63. The molecule has 5 nitrogen and oxygen atoms in total. The van der Waals surface area contributed by atoms with E-state index in [0.29, 0.717) is 10.8 Å². The van der Waals surface area contributed by atoms with Crippen molar-refractivity contribution >= 4 is 29.2 Å². The van der Waals surface area contributed by atoms with E-state index >= 15 is 0 Å². The second-order valence-corrected chi connectivity index (χ2v) is 4.06. The van der Waals surface area contributed by atoms with Crippen molar-refractivity contribution in [3.8, 4) is 0 Å². The molecule has 0 fully saturated rings. The summed E-state index contributed by atoms with van der Waals surface area (Å²) in [6, 6.07) is 9.09. The Labute approximate surface area is 113 Å². The summed E-state index contributed by atoms with van der Waals surface area (Å²) in [6.45, 7) is 0. The van der Waals surface area contributed by atoms with Crippen molar-refractivity contribution < 1.29 is 14.7 Å². The van der Waals surface area contributed by atoms with Crippen molar-refractivity contribution in [1.29, 1.82) is 0 Å². The lowest BCUT2D eigenvalue weighted by Crippen LogP contribution is -2.16. The van der Waals surface area contributed by atoms with Gasteiger partial charge >= 0.3 is 5.97 Å². The van der Waals surface area contributed by atoms with Crippen LogP contribution in [0.2, 0.25) is 5.15 Å². The average Bonchev–Trinajstić information content (AvgIpc) is 2.41. The van der Waals surface area contributed by atoms with Crippen LogP contribution in [0.1, 0.15) is 20.7 Å². The molecule has 0 spiro atoms. The van der Waals surface area contributed by atoms with Gasteiger partial charge in [0.25, 0.3) is 5.91 Å². The van der Waals surface area contributed by atoms with E-state index < -0.39 is 11.9 Å². The number of rotatable bonds is 3. The number of anilines is 1. The van der Waals surface area contributed by atoms with Crippen LogP contribution in [0.25, 0.3) is 0 Å². The van der Waals surface area contributed by atoms with E-state index in [1.165, 1.54) is 24.4 Å². The average molecular weight is 277 g/mol. The van der Waals surface area contributed by atoms with Crippen molar-refractivity contribution in [2.45, 2.75) is 0 Å². The molecule has 0 radical (unpaired) electrons. The first-order chi connectivity index (χ1) is 9.08. The van der Waals surface area contributed by atoms with E-state index in [9.17, 15) is 9.59 Å². The highest BCUT2D eigenvalue weighted by Crippen LogP contribution is 2.14. The Morgan fingerprint density at radius 1 is 1.11 bits per heavy atom. The monoisotopic (exact) mass is 276 g/mol. The van der Waals surface area contributed by atoms with Crippen LogP contribution in [-0.2, 0) is 0 Å².